The van der Waals surface area contributed by atoms with Crippen LogP contribution in [0.15, 0.2) is 29.3 Å². The fraction of sp³-hybridized carbons (Fsp3) is 0.222. The molecule has 0 spiro atoms. The molecule has 1 aromatic carbocycles. The molecule has 4 nitrogen and oxygen atoms in total. The minimum atomic E-state index is 0.382. The van der Waals surface area contributed by atoms with Gasteiger partial charge < -0.3 is 0 Å². The highest BCUT2D eigenvalue weighted by Gasteiger charge is 2.31. The van der Waals surface area contributed by atoms with Gasteiger partial charge >= 0.3 is 0 Å². The molecule has 1 N–H and O–H groups in total. The fourth-order valence-electron chi connectivity index (χ4n) is 1.47. The van der Waals surface area contributed by atoms with E-state index in [2.05, 4.69) is 10.6 Å². The van der Waals surface area contributed by atoms with E-state index in [4.69, 9.17) is 4.84 Å². The van der Waals surface area contributed by atoms with Gasteiger partial charge in [0, 0.05) is 6.07 Å². The predicted molar refractivity (Wildman–Crippen MR) is 52.5 cm³/mol. The topological polar surface area (TPSA) is 33.6 Å². The largest absolute Gasteiger partial charge is 0.259 e. The molecular formula is C9H12N3O+. The van der Waals surface area contributed by atoms with Gasteiger partial charge in [0.15, 0.2) is 5.69 Å². The van der Waals surface area contributed by atoms with E-state index in [0.717, 1.165) is 11.4 Å². The molecule has 0 saturated heterocycles. The van der Waals surface area contributed by atoms with Crippen molar-refractivity contribution in [3.05, 3.63) is 24.3 Å². The molecule has 0 fully saturated rings. The summed E-state index contributed by atoms with van der Waals surface area (Å²) in [7, 11) is 3.57. The van der Waals surface area contributed by atoms with Crippen LogP contribution in [0.25, 0.3) is 0 Å². The number of rotatable bonds is 2. The molecule has 0 bridgehead atoms. The van der Waals surface area contributed by atoms with Crippen LogP contribution in [0.3, 0.4) is 0 Å². The number of hydrogen-bond acceptors (Lipinski definition) is 3. The Hall–Kier alpha value is -1.23. The summed E-state index contributed by atoms with van der Waals surface area (Å²) >= 11 is 0. The zero-order chi connectivity index (χ0) is 9.31. The van der Waals surface area contributed by atoms with Crippen molar-refractivity contribution in [1.29, 1.82) is 0 Å². The van der Waals surface area contributed by atoms with E-state index in [0.29, 0.717) is 4.59 Å². The molecule has 0 aromatic heterocycles. The van der Waals surface area contributed by atoms with Crippen LogP contribution in [0, 0.1) is 0 Å². The first-order valence-electron chi connectivity index (χ1n) is 4.07. The summed E-state index contributed by atoms with van der Waals surface area (Å²) in [6, 6.07) is 7.96. The highest BCUT2D eigenvalue weighted by molar-refractivity contribution is 5.87. The number of fused-ring (bicyclic) bond motifs is 1. The van der Waals surface area contributed by atoms with E-state index in [-0.39, 0.29) is 0 Å². The van der Waals surface area contributed by atoms with E-state index in [1.54, 1.807) is 13.4 Å². The Balaban J connectivity index is 2.42. The Bertz CT molecular complexity index is 350. The van der Waals surface area contributed by atoms with E-state index < -0.39 is 0 Å². The molecule has 1 atom stereocenters. The Kier molecular flexibility index (Phi) is 1.88. The van der Waals surface area contributed by atoms with Gasteiger partial charge in [-0.15, -0.1) is 4.59 Å². The summed E-state index contributed by atoms with van der Waals surface area (Å²) in [5.41, 5.74) is 4.93. The van der Waals surface area contributed by atoms with Gasteiger partial charge in [0.2, 0.25) is 6.34 Å². The molecule has 1 aliphatic rings. The van der Waals surface area contributed by atoms with Crippen LogP contribution >= 0.6 is 0 Å². The summed E-state index contributed by atoms with van der Waals surface area (Å²) in [4.78, 5) is 9.19. The Morgan fingerprint density at radius 1 is 1.38 bits per heavy atom. The molecule has 0 radical (unpaired) electrons. The maximum Gasteiger partial charge on any atom is 0.217 e. The van der Waals surface area contributed by atoms with E-state index in [9.17, 15) is 0 Å². The van der Waals surface area contributed by atoms with Crippen LogP contribution in [-0.4, -0.2) is 20.5 Å². The first-order chi connectivity index (χ1) is 6.26. The Morgan fingerprint density at radius 2 is 2.15 bits per heavy atom. The summed E-state index contributed by atoms with van der Waals surface area (Å²) < 4.78 is 0.382. The average Bonchev–Trinajstić information content (AvgIpc) is 2.46. The number of benzene rings is 1. The summed E-state index contributed by atoms with van der Waals surface area (Å²) in [5.74, 6) is 0. The first kappa shape index (κ1) is 8.37. The quantitative estimate of drug-likeness (QED) is 0.548. The molecule has 1 unspecified atom stereocenters. The highest BCUT2D eigenvalue weighted by atomic mass is 16.7. The normalized spacial score (nSPS) is 24.8. The maximum absolute atomic E-state index is 4.92. The second-order valence-corrected chi connectivity index (χ2v) is 3.10. The predicted octanol–water partition coefficient (Wildman–Crippen LogP) is 1.36. The smallest absolute Gasteiger partial charge is 0.217 e. The monoisotopic (exact) mass is 178 g/mol. The third-order valence-corrected chi connectivity index (χ3v) is 2.09. The lowest BCUT2D eigenvalue weighted by atomic mass is 10.2. The molecule has 0 amide bonds. The van der Waals surface area contributed by atoms with Crippen LogP contribution in [0.1, 0.15) is 0 Å². The zero-order valence-corrected chi connectivity index (χ0v) is 7.69. The van der Waals surface area contributed by atoms with E-state index in [1.807, 2.05) is 31.3 Å². The van der Waals surface area contributed by atoms with Crippen LogP contribution < -0.4 is 10.2 Å². The van der Waals surface area contributed by atoms with Gasteiger partial charge in [-0.3, -0.25) is 4.84 Å². The van der Waals surface area contributed by atoms with Gasteiger partial charge in [-0.25, -0.2) is 0 Å². The lowest BCUT2D eigenvalue weighted by molar-refractivity contribution is 0.00475. The number of quaternary nitrogens is 1. The van der Waals surface area contributed by atoms with Crippen molar-refractivity contribution in [1.82, 2.24) is 10.2 Å². The second-order valence-electron chi connectivity index (χ2n) is 3.10. The van der Waals surface area contributed by atoms with Gasteiger partial charge in [0.25, 0.3) is 0 Å². The molecule has 13 heavy (non-hydrogen) atoms. The van der Waals surface area contributed by atoms with Crippen LogP contribution in [0.4, 0.5) is 11.4 Å². The van der Waals surface area contributed by atoms with Crippen molar-refractivity contribution < 1.29 is 4.84 Å². The van der Waals surface area contributed by atoms with Crippen molar-refractivity contribution in [2.75, 3.05) is 14.2 Å². The number of nitrogens with one attached hydrogen (secondary N) is 1. The van der Waals surface area contributed by atoms with Crippen molar-refractivity contribution in [2.45, 2.75) is 0 Å². The minimum absolute atomic E-state index is 0.382. The summed E-state index contributed by atoms with van der Waals surface area (Å²) in [6.45, 7) is 0. The van der Waals surface area contributed by atoms with Gasteiger partial charge in [0.1, 0.15) is 5.69 Å². The van der Waals surface area contributed by atoms with Gasteiger partial charge in [0.05, 0.1) is 14.2 Å². The van der Waals surface area contributed by atoms with E-state index in [1.165, 1.54) is 0 Å². The lowest BCUT2D eigenvalue weighted by Gasteiger charge is -2.23. The van der Waals surface area contributed by atoms with Gasteiger partial charge in [-0.05, 0) is 11.7 Å². The minimum Gasteiger partial charge on any atom is -0.259 e. The molecular weight excluding hydrogens is 166 g/mol. The third-order valence-electron chi connectivity index (χ3n) is 2.09. The molecule has 0 aliphatic carbocycles. The molecule has 4 heteroatoms. The molecule has 1 aliphatic heterocycles. The summed E-state index contributed by atoms with van der Waals surface area (Å²) in [6.07, 6.45) is 1.80. The molecule has 1 heterocycles. The maximum atomic E-state index is 4.92. The van der Waals surface area contributed by atoms with Gasteiger partial charge in [-0.1, -0.05) is 12.1 Å². The third kappa shape index (κ3) is 1.25. The van der Waals surface area contributed by atoms with Crippen molar-refractivity contribution in [3.8, 4) is 0 Å². The second kappa shape index (κ2) is 2.92. The Labute approximate surface area is 77.0 Å². The van der Waals surface area contributed by atoms with Crippen LogP contribution in [0.5, 0.6) is 0 Å². The number of nitrogens with zero attached hydrogens (tertiary/aromatic N) is 2. The standard InChI is InChI=1S/C9H12N3O/c1-12(11-13-2)7-10-8-5-3-4-6-9(8)12/h3-7,11H,1-2H3/q+1. The van der Waals surface area contributed by atoms with Crippen molar-refractivity contribution in [2.24, 2.45) is 4.99 Å². The lowest BCUT2D eigenvalue weighted by Crippen LogP contribution is -2.53. The molecule has 2 rings (SSSR count). The van der Waals surface area contributed by atoms with Gasteiger partial charge in [-0.2, -0.15) is 4.99 Å². The van der Waals surface area contributed by atoms with Crippen LogP contribution in [0.2, 0.25) is 0 Å². The zero-order valence-electron chi connectivity index (χ0n) is 7.69. The first-order valence-corrected chi connectivity index (χ1v) is 4.07. The number of para-hydroxylation sites is 2. The average molecular weight is 178 g/mol. The summed E-state index contributed by atoms with van der Waals surface area (Å²) in [5, 5.41) is 0. The fourth-order valence-corrected chi connectivity index (χ4v) is 1.47. The molecule has 1 aromatic rings. The van der Waals surface area contributed by atoms with Crippen molar-refractivity contribution in [3.63, 3.8) is 0 Å². The number of hydrogen-bond donors (Lipinski definition) is 1. The Morgan fingerprint density at radius 3 is 2.92 bits per heavy atom. The van der Waals surface area contributed by atoms with Crippen molar-refractivity contribution >= 4 is 17.7 Å². The number of aliphatic imine (C=N–C) groups is 1. The van der Waals surface area contributed by atoms with E-state index >= 15 is 0 Å². The van der Waals surface area contributed by atoms with Crippen LogP contribution in [-0.2, 0) is 4.84 Å². The molecule has 0 saturated carbocycles. The SMILES string of the molecule is CON[N+]1(C)C=Nc2ccccc21. The highest BCUT2D eigenvalue weighted by Crippen LogP contribution is 2.34. The molecule has 68 valence electrons.